The van der Waals surface area contributed by atoms with E-state index in [0.29, 0.717) is 11.1 Å². The zero-order valence-corrected chi connectivity index (χ0v) is 13.7. The predicted octanol–water partition coefficient (Wildman–Crippen LogP) is 3.10. The first-order chi connectivity index (χ1) is 10.2. The summed E-state index contributed by atoms with van der Waals surface area (Å²) in [6.45, 7) is 3.81. The molecule has 0 aromatic carbocycles. The van der Waals surface area contributed by atoms with Gasteiger partial charge in [-0.1, -0.05) is 11.8 Å². The molecule has 0 atom stereocenters. The number of hydrogen-bond acceptors (Lipinski definition) is 6. The molecule has 2 heterocycles. The highest BCUT2D eigenvalue weighted by Crippen LogP contribution is 2.17. The summed E-state index contributed by atoms with van der Waals surface area (Å²) >= 11 is 7.42. The molecule has 2 rings (SSSR count). The molecule has 0 spiro atoms. The molecule has 0 fully saturated rings. The van der Waals surface area contributed by atoms with Crippen molar-refractivity contribution >= 4 is 29.3 Å². The Hall–Kier alpha value is -1.40. The average Bonchev–Trinajstić information content (AvgIpc) is 2.52. The minimum atomic E-state index is 0.247. The highest BCUT2D eigenvalue weighted by Gasteiger charge is 2.11. The minimum Gasteiger partial charge on any atom is -0.341 e. The van der Waals surface area contributed by atoms with Gasteiger partial charge in [0.25, 0.3) is 0 Å². The van der Waals surface area contributed by atoms with Crippen LogP contribution in [0.15, 0.2) is 29.7 Å². The largest absolute Gasteiger partial charge is 0.341 e. The molecule has 0 aliphatic heterocycles. The van der Waals surface area contributed by atoms with Crippen molar-refractivity contribution in [3.63, 3.8) is 0 Å². The third-order valence-electron chi connectivity index (χ3n) is 3.07. The van der Waals surface area contributed by atoms with Crippen LogP contribution in [0.25, 0.3) is 0 Å². The van der Waals surface area contributed by atoms with Gasteiger partial charge in [0.15, 0.2) is 5.16 Å². The van der Waals surface area contributed by atoms with E-state index in [1.54, 1.807) is 0 Å². The Bertz CT molecular complexity index is 567. The lowest BCUT2D eigenvalue weighted by Crippen LogP contribution is -2.26. The zero-order chi connectivity index (χ0) is 15.1. The molecule has 112 valence electrons. The molecule has 21 heavy (non-hydrogen) atoms. The molecular formula is C14H18ClN5S. The van der Waals surface area contributed by atoms with Crippen LogP contribution < -0.4 is 4.90 Å². The van der Waals surface area contributed by atoms with Gasteiger partial charge in [0.1, 0.15) is 0 Å². The summed E-state index contributed by atoms with van der Waals surface area (Å²) < 4.78 is 0. The van der Waals surface area contributed by atoms with Crippen molar-refractivity contribution in [2.24, 2.45) is 0 Å². The SMILES string of the molecule is CCN(CCCc1ccncc1)c1nc(Cl)nc(SC)n1. The predicted molar refractivity (Wildman–Crippen MR) is 87.1 cm³/mol. The average molecular weight is 324 g/mol. The first kappa shape index (κ1) is 16.0. The van der Waals surface area contributed by atoms with Crippen molar-refractivity contribution < 1.29 is 0 Å². The van der Waals surface area contributed by atoms with Gasteiger partial charge in [0, 0.05) is 25.5 Å². The van der Waals surface area contributed by atoms with Crippen molar-refractivity contribution in [3.05, 3.63) is 35.4 Å². The van der Waals surface area contributed by atoms with E-state index in [4.69, 9.17) is 11.6 Å². The second kappa shape index (κ2) is 8.14. The Morgan fingerprint density at radius 1 is 1.19 bits per heavy atom. The van der Waals surface area contributed by atoms with E-state index in [9.17, 15) is 0 Å². The molecule has 0 aliphatic carbocycles. The van der Waals surface area contributed by atoms with Gasteiger partial charge in [-0.3, -0.25) is 4.98 Å². The molecular weight excluding hydrogens is 306 g/mol. The summed E-state index contributed by atoms with van der Waals surface area (Å²) in [5.74, 6) is 0.650. The van der Waals surface area contributed by atoms with Crippen LogP contribution in [-0.2, 0) is 6.42 Å². The molecule has 0 saturated carbocycles. The fourth-order valence-electron chi connectivity index (χ4n) is 1.98. The van der Waals surface area contributed by atoms with Crippen LogP contribution in [0.5, 0.6) is 0 Å². The van der Waals surface area contributed by atoms with Gasteiger partial charge in [-0.15, -0.1) is 0 Å². The number of nitrogens with zero attached hydrogens (tertiary/aromatic N) is 5. The van der Waals surface area contributed by atoms with Gasteiger partial charge in [-0.05, 0) is 55.3 Å². The van der Waals surface area contributed by atoms with Crippen molar-refractivity contribution in [1.29, 1.82) is 0 Å². The summed E-state index contributed by atoms with van der Waals surface area (Å²) in [6, 6.07) is 4.09. The van der Waals surface area contributed by atoms with E-state index in [1.807, 2.05) is 30.8 Å². The van der Waals surface area contributed by atoms with Crippen molar-refractivity contribution in [3.8, 4) is 0 Å². The molecule has 0 aliphatic rings. The van der Waals surface area contributed by atoms with Crippen molar-refractivity contribution in [1.82, 2.24) is 19.9 Å². The molecule has 0 N–H and O–H groups in total. The Balaban J connectivity index is 1.98. The number of thioether (sulfide) groups is 1. The highest BCUT2D eigenvalue weighted by atomic mass is 35.5. The van der Waals surface area contributed by atoms with E-state index in [0.717, 1.165) is 25.9 Å². The van der Waals surface area contributed by atoms with Crippen molar-refractivity contribution in [2.45, 2.75) is 24.9 Å². The summed E-state index contributed by atoms with van der Waals surface area (Å²) in [5.41, 5.74) is 1.29. The maximum atomic E-state index is 5.95. The van der Waals surface area contributed by atoms with Gasteiger partial charge in [-0.25, -0.2) is 0 Å². The summed E-state index contributed by atoms with van der Waals surface area (Å²) in [6.07, 6.45) is 7.60. The van der Waals surface area contributed by atoms with Gasteiger partial charge >= 0.3 is 0 Å². The Morgan fingerprint density at radius 2 is 1.95 bits per heavy atom. The lowest BCUT2D eigenvalue weighted by Gasteiger charge is -2.20. The monoisotopic (exact) mass is 323 g/mol. The van der Waals surface area contributed by atoms with Crippen LogP contribution >= 0.6 is 23.4 Å². The Kier molecular flexibility index (Phi) is 6.20. The van der Waals surface area contributed by atoms with Crippen LogP contribution in [0.2, 0.25) is 5.28 Å². The number of aryl methyl sites for hydroxylation is 1. The first-order valence-electron chi connectivity index (χ1n) is 6.82. The topological polar surface area (TPSA) is 54.8 Å². The lowest BCUT2D eigenvalue weighted by atomic mass is 10.1. The van der Waals surface area contributed by atoms with Crippen molar-refractivity contribution in [2.75, 3.05) is 24.2 Å². The zero-order valence-electron chi connectivity index (χ0n) is 12.2. The van der Waals surface area contributed by atoms with Crippen LogP contribution in [-0.4, -0.2) is 39.3 Å². The van der Waals surface area contributed by atoms with Crippen LogP contribution in [0, 0.1) is 0 Å². The normalized spacial score (nSPS) is 10.6. The van der Waals surface area contributed by atoms with E-state index in [2.05, 4.69) is 31.8 Å². The minimum absolute atomic E-state index is 0.247. The van der Waals surface area contributed by atoms with E-state index in [-0.39, 0.29) is 5.28 Å². The summed E-state index contributed by atoms with van der Waals surface area (Å²) in [5, 5.41) is 0.898. The molecule has 2 aromatic heterocycles. The molecule has 0 radical (unpaired) electrons. The maximum absolute atomic E-state index is 5.95. The Morgan fingerprint density at radius 3 is 2.62 bits per heavy atom. The highest BCUT2D eigenvalue weighted by molar-refractivity contribution is 7.98. The first-order valence-corrected chi connectivity index (χ1v) is 8.42. The third-order valence-corrected chi connectivity index (χ3v) is 3.78. The summed E-state index contributed by atoms with van der Waals surface area (Å²) in [4.78, 5) is 18.9. The molecule has 7 heteroatoms. The Labute approximate surface area is 134 Å². The molecule has 0 amide bonds. The fourth-order valence-corrected chi connectivity index (χ4v) is 2.53. The number of aromatic nitrogens is 4. The van der Waals surface area contributed by atoms with Gasteiger partial charge in [0.2, 0.25) is 11.2 Å². The quantitative estimate of drug-likeness (QED) is 0.730. The molecule has 5 nitrogen and oxygen atoms in total. The van der Waals surface area contributed by atoms with Gasteiger partial charge < -0.3 is 4.90 Å². The third kappa shape index (κ3) is 4.82. The van der Waals surface area contributed by atoms with Gasteiger partial charge in [0.05, 0.1) is 0 Å². The van der Waals surface area contributed by atoms with E-state index in [1.165, 1.54) is 17.3 Å². The fraction of sp³-hybridized carbons (Fsp3) is 0.429. The van der Waals surface area contributed by atoms with Gasteiger partial charge in [-0.2, -0.15) is 15.0 Å². The number of hydrogen-bond donors (Lipinski definition) is 0. The van der Waals surface area contributed by atoms with E-state index < -0.39 is 0 Å². The second-order valence-corrected chi connectivity index (χ2v) is 5.54. The summed E-state index contributed by atoms with van der Waals surface area (Å²) in [7, 11) is 0. The van der Waals surface area contributed by atoms with Crippen LogP contribution in [0.3, 0.4) is 0 Å². The molecule has 0 unspecified atom stereocenters. The van der Waals surface area contributed by atoms with Crippen LogP contribution in [0.1, 0.15) is 18.9 Å². The van der Waals surface area contributed by atoms with Crippen LogP contribution in [0.4, 0.5) is 5.95 Å². The smallest absolute Gasteiger partial charge is 0.230 e. The number of anilines is 1. The second-order valence-electron chi connectivity index (χ2n) is 4.43. The molecule has 2 aromatic rings. The number of pyridine rings is 1. The number of rotatable bonds is 7. The lowest BCUT2D eigenvalue weighted by molar-refractivity contribution is 0.711. The van der Waals surface area contributed by atoms with E-state index >= 15 is 0 Å². The number of halogens is 1. The standard InChI is InChI=1S/C14H18ClN5S/c1-3-20(10-4-5-11-6-8-16-9-7-11)13-17-12(15)18-14(19-13)21-2/h6-9H,3-5,10H2,1-2H3. The maximum Gasteiger partial charge on any atom is 0.230 e. The molecule has 0 bridgehead atoms. The molecule has 0 saturated heterocycles.